The fraction of sp³-hybridized carbons (Fsp3) is 0.444. The van der Waals surface area contributed by atoms with Gasteiger partial charge in [0.25, 0.3) is 0 Å². The quantitative estimate of drug-likeness (QED) is 0.908. The second kappa shape index (κ2) is 5.72. The maximum atomic E-state index is 12.5. The van der Waals surface area contributed by atoms with Gasteiger partial charge in [-0.3, -0.25) is 5.32 Å². The van der Waals surface area contributed by atoms with Crippen molar-refractivity contribution in [2.45, 2.75) is 44.7 Å². The highest BCUT2D eigenvalue weighted by molar-refractivity contribution is 5.88. The summed E-state index contributed by atoms with van der Waals surface area (Å²) in [5.74, 6) is 3.80. The Morgan fingerprint density at radius 1 is 1.35 bits per heavy atom. The molecule has 5 heteroatoms. The van der Waals surface area contributed by atoms with Crippen molar-refractivity contribution in [3.8, 4) is 0 Å². The van der Waals surface area contributed by atoms with E-state index in [0.29, 0.717) is 24.3 Å². The molecular weight excluding hydrogens is 290 g/mol. The first-order valence-electron chi connectivity index (χ1n) is 8.28. The number of amides is 2. The minimum atomic E-state index is -0.107. The van der Waals surface area contributed by atoms with Crippen LogP contribution >= 0.6 is 0 Å². The lowest BCUT2D eigenvalue weighted by Crippen LogP contribution is -2.36. The topological polar surface area (TPSA) is 58.4 Å². The Hall–Kier alpha value is -2.30. The van der Waals surface area contributed by atoms with E-state index in [1.807, 2.05) is 23.1 Å². The molecule has 2 atom stereocenters. The standard InChI is InChI=1S/C18H21N3O2/c1-12-10-15(12)16-8-7-14(23-16)11-21(13-5-6-13)18(22)20-17-4-2-3-9-19-17/h2-4,7-9,12-13,15H,5-6,10-11H2,1H3,(H,19,20,22). The predicted octanol–water partition coefficient (Wildman–Crippen LogP) is 3.99. The van der Waals surface area contributed by atoms with Crippen molar-refractivity contribution >= 4 is 11.8 Å². The summed E-state index contributed by atoms with van der Waals surface area (Å²) >= 11 is 0. The second-order valence-corrected chi connectivity index (χ2v) is 6.63. The smallest absolute Gasteiger partial charge is 0.323 e. The molecule has 2 fully saturated rings. The van der Waals surface area contributed by atoms with Gasteiger partial charge in [0.15, 0.2) is 0 Å². The first-order valence-corrected chi connectivity index (χ1v) is 8.28. The van der Waals surface area contributed by atoms with Crippen LogP contribution in [0.3, 0.4) is 0 Å². The molecule has 0 bridgehead atoms. The van der Waals surface area contributed by atoms with Gasteiger partial charge in [-0.2, -0.15) is 0 Å². The van der Waals surface area contributed by atoms with Gasteiger partial charge >= 0.3 is 6.03 Å². The first-order chi connectivity index (χ1) is 11.2. The molecule has 0 spiro atoms. The van der Waals surface area contributed by atoms with Gasteiger partial charge in [0.1, 0.15) is 17.3 Å². The highest BCUT2D eigenvalue weighted by Crippen LogP contribution is 2.47. The Labute approximate surface area is 135 Å². The van der Waals surface area contributed by atoms with Crippen molar-refractivity contribution in [3.05, 3.63) is 48.0 Å². The Kier molecular flexibility index (Phi) is 3.56. The maximum absolute atomic E-state index is 12.5. The van der Waals surface area contributed by atoms with E-state index in [1.54, 1.807) is 12.3 Å². The molecule has 0 radical (unpaired) electrons. The summed E-state index contributed by atoms with van der Waals surface area (Å²) in [4.78, 5) is 18.5. The average Bonchev–Trinajstić information content (AvgIpc) is 3.47. The van der Waals surface area contributed by atoms with Gasteiger partial charge in [0.05, 0.1) is 6.54 Å². The summed E-state index contributed by atoms with van der Waals surface area (Å²) in [6, 6.07) is 9.76. The number of nitrogens with zero attached hydrogens (tertiary/aromatic N) is 2. The zero-order valence-electron chi connectivity index (χ0n) is 13.2. The fourth-order valence-electron chi connectivity index (χ4n) is 2.94. The second-order valence-electron chi connectivity index (χ2n) is 6.63. The molecule has 2 amide bonds. The van der Waals surface area contributed by atoms with Gasteiger partial charge in [-0.05, 0) is 49.4 Å². The molecule has 2 aromatic heterocycles. The Morgan fingerprint density at radius 3 is 2.83 bits per heavy atom. The van der Waals surface area contributed by atoms with Crippen molar-refractivity contribution in [1.82, 2.24) is 9.88 Å². The minimum absolute atomic E-state index is 0.107. The molecule has 2 aliphatic carbocycles. The number of furan rings is 1. The van der Waals surface area contributed by atoms with Gasteiger partial charge in [0.2, 0.25) is 0 Å². The van der Waals surface area contributed by atoms with Gasteiger partial charge in [-0.25, -0.2) is 9.78 Å². The SMILES string of the molecule is CC1CC1c1ccc(CN(C(=O)Nc2ccccn2)C2CC2)o1. The molecule has 1 N–H and O–H groups in total. The first kappa shape index (κ1) is 14.3. The number of nitrogens with one attached hydrogen (secondary N) is 1. The predicted molar refractivity (Wildman–Crippen MR) is 87.1 cm³/mol. The van der Waals surface area contributed by atoms with Crippen LogP contribution in [0.2, 0.25) is 0 Å². The molecule has 2 saturated carbocycles. The van der Waals surface area contributed by atoms with Crippen LogP contribution in [0.1, 0.15) is 43.6 Å². The van der Waals surface area contributed by atoms with Crippen LogP contribution in [0.15, 0.2) is 40.9 Å². The molecule has 0 aromatic carbocycles. The number of anilines is 1. The summed E-state index contributed by atoms with van der Waals surface area (Å²) in [6.45, 7) is 2.76. The van der Waals surface area contributed by atoms with Gasteiger partial charge in [0, 0.05) is 18.2 Å². The molecule has 2 aromatic rings. The average molecular weight is 311 g/mol. The van der Waals surface area contributed by atoms with Crippen LogP contribution < -0.4 is 5.32 Å². The Balaban J connectivity index is 1.43. The molecule has 4 rings (SSSR count). The summed E-state index contributed by atoms with van der Waals surface area (Å²) in [6.07, 6.45) is 5.00. The Morgan fingerprint density at radius 2 is 2.17 bits per heavy atom. The van der Waals surface area contributed by atoms with Crippen LogP contribution in [-0.2, 0) is 6.54 Å². The monoisotopic (exact) mass is 311 g/mol. The molecule has 2 unspecified atom stereocenters. The summed E-state index contributed by atoms with van der Waals surface area (Å²) in [5.41, 5.74) is 0. The third kappa shape index (κ3) is 3.23. The van der Waals surface area contributed by atoms with Gasteiger partial charge in [-0.15, -0.1) is 0 Å². The van der Waals surface area contributed by atoms with Gasteiger partial charge < -0.3 is 9.32 Å². The molecule has 23 heavy (non-hydrogen) atoms. The van der Waals surface area contributed by atoms with Crippen molar-refractivity contribution in [2.75, 3.05) is 5.32 Å². The summed E-state index contributed by atoms with van der Waals surface area (Å²) < 4.78 is 5.95. The Bertz CT molecular complexity index is 693. The van der Waals surface area contributed by atoms with Crippen LogP contribution in [-0.4, -0.2) is 22.0 Å². The van der Waals surface area contributed by atoms with Crippen molar-refractivity contribution in [2.24, 2.45) is 5.92 Å². The van der Waals surface area contributed by atoms with Crippen LogP contribution in [0.4, 0.5) is 10.6 Å². The van der Waals surface area contributed by atoms with E-state index in [9.17, 15) is 4.79 Å². The van der Waals surface area contributed by atoms with E-state index in [4.69, 9.17) is 4.42 Å². The third-order valence-corrected chi connectivity index (χ3v) is 4.63. The van der Waals surface area contributed by atoms with E-state index < -0.39 is 0 Å². The zero-order chi connectivity index (χ0) is 15.8. The number of carbonyl (C=O) groups excluding carboxylic acids is 1. The van der Waals surface area contributed by atoms with E-state index in [-0.39, 0.29) is 6.03 Å². The highest BCUT2D eigenvalue weighted by Gasteiger charge is 2.37. The number of rotatable bonds is 5. The largest absolute Gasteiger partial charge is 0.464 e. The zero-order valence-corrected chi connectivity index (χ0v) is 13.2. The summed E-state index contributed by atoms with van der Waals surface area (Å²) in [5, 5.41) is 2.87. The van der Waals surface area contributed by atoms with E-state index in [1.165, 1.54) is 6.42 Å². The molecule has 120 valence electrons. The maximum Gasteiger partial charge on any atom is 0.323 e. The van der Waals surface area contributed by atoms with Crippen molar-refractivity contribution < 1.29 is 9.21 Å². The molecule has 2 aliphatic rings. The van der Waals surface area contributed by atoms with Crippen LogP contribution in [0.25, 0.3) is 0 Å². The lowest BCUT2D eigenvalue weighted by Gasteiger charge is -2.21. The number of hydrogen-bond acceptors (Lipinski definition) is 3. The van der Waals surface area contributed by atoms with Crippen molar-refractivity contribution in [1.29, 1.82) is 0 Å². The van der Waals surface area contributed by atoms with Crippen LogP contribution in [0.5, 0.6) is 0 Å². The highest BCUT2D eigenvalue weighted by atomic mass is 16.3. The third-order valence-electron chi connectivity index (χ3n) is 4.63. The van der Waals surface area contributed by atoms with E-state index in [2.05, 4.69) is 23.3 Å². The number of urea groups is 1. The molecule has 5 nitrogen and oxygen atoms in total. The van der Waals surface area contributed by atoms with Gasteiger partial charge in [-0.1, -0.05) is 13.0 Å². The van der Waals surface area contributed by atoms with Crippen molar-refractivity contribution in [3.63, 3.8) is 0 Å². The van der Waals surface area contributed by atoms with E-state index in [0.717, 1.165) is 30.3 Å². The number of hydrogen-bond donors (Lipinski definition) is 1. The lowest BCUT2D eigenvalue weighted by molar-refractivity contribution is 0.200. The molecule has 0 saturated heterocycles. The number of carbonyl (C=O) groups is 1. The normalized spacial score (nSPS) is 22.7. The molecular formula is C18H21N3O2. The molecule has 2 heterocycles. The number of aromatic nitrogens is 1. The molecule has 0 aliphatic heterocycles. The minimum Gasteiger partial charge on any atom is -0.464 e. The summed E-state index contributed by atoms with van der Waals surface area (Å²) in [7, 11) is 0. The lowest BCUT2D eigenvalue weighted by atomic mass is 10.3. The fourth-order valence-corrected chi connectivity index (χ4v) is 2.94. The van der Waals surface area contributed by atoms with E-state index >= 15 is 0 Å². The number of pyridine rings is 1. The van der Waals surface area contributed by atoms with Crippen LogP contribution in [0, 0.1) is 5.92 Å².